The molecule has 0 spiro atoms. The zero-order valence-corrected chi connectivity index (χ0v) is 18.2. The highest BCUT2D eigenvalue weighted by Gasteiger charge is 2.34. The van der Waals surface area contributed by atoms with Crippen molar-refractivity contribution in [1.29, 1.82) is 0 Å². The SMILES string of the molecule is COc1cc(Cc2cnc(N)nc2N)cc2c1N(CCOC(C)=O)C(C)(C)C=C2C. The number of nitrogens with two attached hydrogens (primary N) is 2. The molecule has 0 saturated heterocycles. The molecule has 0 unspecified atom stereocenters. The van der Waals surface area contributed by atoms with Gasteiger partial charge in [0.05, 0.1) is 24.9 Å². The highest BCUT2D eigenvalue weighted by Crippen LogP contribution is 2.45. The topological polar surface area (TPSA) is 117 Å². The molecule has 1 aromatic heterocycles. The zero-order valence-electron chi connectivity index (χ0n) is 18.2. The van der Waals surface area contributed by atoms with Crippen LogP contribution in [-0.2, 0) is 16.0 Å². The number of allylic oxidation sites excluding steroid dienone is 1. The number of ether oxygens (including phenoxy) is 2. The van der Waals surface area contributed by atoms with E-state index in [0.29, 0.717) is 25.4 Å². The number of nitrogen functional groups attached to an aromatic ring is 2. The van der Waals surface area contributed by atoms with Crippen LogP contribution in [0.5, 0.6) is 5.75 Å². The third-order valence-electron chi connectivity index (χ3n) is 5.25. The van der Waals surface area contributed by atoms with E-state index in [4.69, 9.17) is 20.9 Å². The molecule has 0 radical (unpaired) electrons. The van der Waals surface area contributed by atoms with Crippen LogP contribution in [0.4, 0.5) is 17.5 Å². The van der Waals surface area contributed by atoms with Gasteiger partial charge in [0.15, 0.2) is 0 Å². The van der Waals surface area contributed by atoms with Crippen molar-refractivity contribution in [2.24, 2.45) is 0 Å². The van der Waals surface area contributed by atoms with E-state index < -0.39 is 0 Å². The molecule has 0 bridgehead atoms. The van der Waals surface area contributed by atoms with E-state index in [9.17, 15) is 4.79 Å². The van der Waals surface area contributed by atoms with Gasteiger partial charge in [0.1, 0.15) is 18.2 Å². The predicted octanol–water partition coefficient (Wildman–Crippen LogP) is 2.81. The van der Waals surface area contributed by atoms with Gasteiger partial charge in [-0.05, 0) is 44.0 Å². The molecule has 0 fully saturated rings. The molecule has 0 aliphatic carbocycles. The Bertz CT molecular complexity index is 1000. The van der Waals surface area contributed by atoms with Gasteiger partial charge < -0.3 is 25.8 Å². The molecule has 2 aromatic rings. The molecule has 8 heteroatoms. The minimum absolute atomic E-state index is 0.156. The molecule has 30 heavy (non-hydrogen) atoms. The van der Waals surface area contributed by atoms with Gasteiger partial charge in [0.25, 0.3) is 0 Å². The molecule has 1 aromatic carbocycles. The number of rotatable bonds is 6. The largest absolute Gasteiger partial charge is 0.495 e. The standard InChI is InChI=1S/C22H29N5O3/c1-13-11-22(3,4)27(6-7-30-14(2)28)19-17(13)9-15(10-18(19)29-5)8-16-12-25-21(24)26-20(16)23/h9-12H,6-8H2,1-5H3,(H4,23,24,25,26). The van der Waals surface area contributed by atoms with Crippen molar-refractivity contribution in [2.75, 3.05) is 36.6 Å². The van der Waals surface area contributed by atoms with Crippen molar-refractivity contribution < 1.29 is 14.3 Å². The molecule has 160 valence electrons. The fourth-order valence-electron chi connectivity index (χ4n) is 3.95. The lowest BCUT2D eigenvalue weighted by molar-refractivity contribution is -0.140. The quantitative estimate of drug-likeness (QED) is 0.697. The maximum Gasteiger partial charge on any atom is 0.302 e. The number of nitrogens with zero attached hydrogens (tertiary/aromatic N) is 3. The number of esters is 1. The predicted molar refractivity (Wildman–Crippen MR) is 118 cm³/mol. The molecule has 1 aliphatic rings. The number of carbonyl (C=O) groups excluding carboxylic acids is 1. The van der Waals surface area contributed by atoms with Crippen LogP contribution in [0.3, 0.4) is 0 Å². The summed E-state index contributed by atoms with van der Waals surface area (Å²) >= 11 is 0. The lowest BCUT2D eigenvalue weighted by Crippen LogP contribution is -2.47. The first kappa shape index (κ1) is 21.4. The van der Waals surface area contributed by atoms with Crippen LogP contribution in [0.2, 0.25) is 0 Å². The lowest BCUT2D eigenvalue weighted by atomic mass is 9.87. The summed E-state index contributed by atoms with van der Waals surface area (Å²) < 4.78 is 11.0. The average Bonchev–Trinajstić information content (AvgIpc) is 2.65. The van der Waals surface area contributed by atoms with Crippen molar-refractivity contribution in [3.63, 3.8) is 0 Å². The van der Waals surface area contributed by atoms with Crippen LogP contribution in [0.25, 0.3) is 5.57 Å². The molecule has 2 heterocycles. The summed E-state index contributed by atoms with van der Waals surface area (Å²) in [5.41, 5.74) is 16.4. The first-order valence-electron chi connectivity index (χ1n) is 9.81. The lowest BCUT2D eigenvalue weighted by Gasteiger charge is -2.44. The van der Waals surface area contributed by atoms with Gasteiger partial charge in [-0.1, -0.05) is 6.08 Å². The molecular weight excluding hydrogens is 382 g/mol. The second kappa shape index (κ2) is 8.22. The minimum atomic E-state index is -0.289. The van der Waals surface area contributed by atoms with E-state index in [0.717, 1.165) is 33.7 Å². The van der Waals surface area contributed by atoms with E-state index in [-0.39, 0.29) is 17.5 Å². The Morgan fingerprint density at radius 1 is 1.27 bits per heavy atom. The summed E-state index contributed by atoms with van der Waals surface area (Å²) in [4.78, 5) is 21.5. The Kier molecular flexibility index (Phi) is 5.87. The summed E-state index contributed by atoms with van der Waals surface area (Å²) in [5.74, 6) is 0.988. The van der Waals surface area contributed by atoms with E-state index >= 15 is 0 Å². The fraction of sp³-hybridized carbons (Fsp3) is 0.409. The number of benzene rings is 1. The van der Waals surface area contributed by atoms with Crippen LogP contribution < -0.4 is 21.1 Å². The summed E-state index contributed by atoms with van der Waals surface area (Å²) in [6, 6.07) is 4.13. The number of carbonyl (C=O) groups is 1. The van der Waals surface area contributed by atoms with Crippen LogP contribution in [0.1, 0.15) is 44.4 Å². The smallest absolute Gasteiger partial charge is 0.302 e. The molecule has 3 rings (SSSR count). The van der Waals surface area contributed by atoms with Gasteiger partial charge in [-0.25, -0.2) is 4.98 Å². The van der Waals surface area contributed by atoms with Crippen molar-refractivity contribution in [1.82, 2.24) is 9.97 Å². The number of hydrogen-bond acceptors (Lipinski definition) is 8. The number of anilines is 3. The molecular formula is C22H29N5O3. The number of methoxy groups -OCH3 is 1. The number of hydrogen-bond donors (Lipinski definition) is 2. The van der Waals surface area contributed by atoms with Gasteiger partial charge in [-0.15, -0.1) is 0 Å². The monoisotopic (exact) mass is 411 g/mol. The Morgan fingerprint density at radius 2 is 2.00 bits per heavy atom. The van der Waals surface area contributed by atoms with Crippen molar-refractivity contribution in [3.8, 4) is 5.75 Å². The summed E-state index contributed by atoms with van der Waals surface area (Å²) in [5, 5.41) is 0. The summed E-state index contributed by atoms with van der Waals surface area (Å²) in [6.45, 7) is 8.62. The van der Waals surface area contributed by atoms with E-state index in [2.05, 4.69) is 47.8 Å². The first-order chi connectivity index (χ1) is 14.1. The van der Waals surface area contributed by atoms with E-state index in [1.54, 1.807) is 13.3 Å². The van der Waals surface area contributed by atoms with Crippen LogP contribution in [-0.4, -0.2) is 41.7 Å². The maximum absolute atomic E-state index is 11.2. The molecule has 0 amide bonds. The fourth-order valence-corrected chi connectivity index (χ4v) is 3.95. The minimum Gasteiger partial charge on any atom is -0.495 e. The second-order valence-electron chi connectivity index (χ2n) is 7.98. The van der Waals surface area contributed by atoms with Gasteiger partial charge in [0.2, 0.25) is 5.95 Å². The van der Waals surface area contributed by atoms with Crippen molar-refractivity contribution in [2.45, 2.75) is 39.7 Å². The number of aromatic nitrogens is 2. The third-order valence-corrected chi connectivity index (χ3v) is 5.25. The van der Waals surface area contributed by atoms with Gasteiger partial charge in [-0.3, -0.25) is 4.79 Å². The van der Waals surface area contributed by atoms with E-state index in [1.165, 1.54) is 6.92 Å². The summed E-state index contributed by atoms with van der Waals surface area (Å²) in [6.07, 6.45) is 4.42. The van der Waals surface area contributed by atoms with Crippen LogP contribution >= 0.6 is 0 Å². The zero-order chi connectivity index (χ0) is 22.1. The average molecular weight is 412 g/mol. The van der Waals surface area contributed by atoms with Crippen LogP contribution in [0.15, 0.2) is 24.4 Å². The third kappa shape index (κ3) is 4.32. The highest BCUT2D eigenvalue weighted by molar-refractivity contribution is 5.85. The Hall–Kier alpha value is -3.29. The van der Waals surface area contributed by atoms with Gasteiger partial charge >= 0.3 is 5.97 Å². The van der Waals surface area contributed by atoms with Crippen molar-refractivity contribution in [3.05, 3.63) is 41.1 Å². The normalized spacial score (nSPS) is 14.7. The second-order valence-corrected chi connectivity index (χ2v) is 7.98. The molecule has 0 saturated carbocycles. The molecule has 1 aliphatic heterocycles. The molecule has 4 N–H and O–H groups in total. The van der Waals surface area contributed by atoms with Gasteiger partial charge in [0, 0.05) is 30.7 Å². The summed E-state index contributed by atoms with van der Waals surface area (Å²) in [7, 11) is 1.66. The first-order valence-corrected chi connectivity index (χ1v) is 9.81. The van der Waals surface area contributed by atoms with Crippen LogP contribution in [0, 0.1) is 0 Å². The Morgan fingerprint density at radius 3 is 2.63 bits per heavy atom. The maximum atomic E-state index is 11.2. The Labute approximate surface area is 176 Å². The molecule has 0 atom stereocenters. The van der Waals surface area contributed by atoms with E-state index in [1.807, 2.05) is 6.07 Å². The Balaban J connectivity index is 2.03. The van der Waals surface area contributed by atoms with Crippen molar-refractivity contribution >= 4 is 29.0 Å². The highest BCUT2D eigenvalue weighted by atomic mass is 16.5. The number of fused-ring (bicyclic) bond motifs is 1. The molecule has 8 nitrogen and oxygen atoms in total. The van der Waals surface area contributed by atoms with Gasteiger partial charge in [-0.2, -0.15) is 4.98 Å².